The minimum atomic E-state index is -0.795. The molecular formula is C12H3ClFN5. The Morgan fingerprint density at radius 1 is 1.11 bits per heavy atom. The van der Waals surface area contributed by atoms with E-state index in [-0.39, 0.29) is 22.0 Å². The van der Waals surface area contributed by atoms with Gasteiger partial charge < -0.3 is 5.32 Å². The highest BCUT2D eigenvalue weighted by atomic mass is 35.5. The van der Waals surface area contributed by atoms with Crippen molar-refractivity contribution < 1.29 is 4.39 Å². The van der Waals surface area contributed by atoms with E-state index in [0.29, 0.717) is 0 Å². The largest absolute Gasteiger partial charge is 0.344 e. The molecule has 1 N–H and O–H groups in total. The molecule has 0 radical (unpaired) electrons. The summed E-state index contributed by atoms with van der Waals surface area (Å²) in [5.41, 5.74) is -0.914. The number of hydrogen-bond donors (Lipinski definition) is 1. The first-order valence-electron chi connectivity index (χ1n) is 4.68. The van der Waals surface area contributed by atoms with Crippen molar-refractivity contribution >= 4 is 17.3 Å². The van der Waals surface area contributed by atoms with Gasteiger partial charge in [0, 0.05) is 6.07 Å². The molecule has 0 aromatic heterocycles. The Kier molecular flexibility index (Phi) is 4.44. The zero-order valence-electron chi connectivity index (χ0n) is 9.20. The second-order valence-corrected chi connectivity index (χ2v) is 3.54. The summed E-state index contributed by atoms with van der Waals surface area (Å²) < 4.78 is 13.3. The van der Waals surface area contributed by atoms with Gasteiger partial charge in [-0.2, -0.15) is 21.0 Å². The number of allylic oxidation sites excluding steroid dienone is 2. The number of nitrogens with zero attached hydrogens (tertiary/aromatic N) is 4. The Morgan fingerprint density at radius 3 is 2.21 bits per heavy atom. The molecular weight excluding hydrogens is 269 g/mol. The average Bonchev–Trinajstić information content (AvgIpc) is 2.42. The second-order valence-electron chi connectivity index (χ2n) is 3.13. The van der Waals surface area contributed by atoms with Crippen LogP contribution in [0, 0.1) is 51.1 Å². The first kappa shape index (κ1) is 14.0. The molecule has 0 bridgehead atoms. The molecule has 90 valence electrons. The molecule has 0 aliphatic rings. The van der Waals surface area contributed by atoms with Crippen molar-refractivity contribution in [2.45, 2.75) is 0 Å². The van der Waals surface area contributed by atoms with Crippen molar-refractivity contribution in [1.29, 1.82) is 21.0 Å². The molecule has 0 unspecified atom stereocenters. The van der Waals surface area contributed by atoms with Gasteiger partial charge in [-0.3, -0.25) is 0 Å². The van der Waals surface area contributed by atoms with Gasteiger partial charge in [0.15, 0.2) is 5.57 Å². The topological polar surface area (TPSA) is 107 Å². The SMILES string of the molecule is N#CC(C#N)=C(C#N)Nc1cc(F)c(Cl)cc1C#N. The molecule has 0 fully saturated rings. The summed E-state index contributed by atoms with van der Waals surface area (Å²) in [4.78, 5) is 0. The molecule has 0 heterocycles. The minimum absolute atomic E-state index is 0.0191. The van der Waals surface area contributed by atoms with Crippen molar-refractivity contribution in [2.24, 2.45) is 0 Å². The molecule has 0 atom stereocenters. The van der Waals surface area contributed by atoms with Gasteiger partial charge in [-0.05, 0) is 6.07 Å². The van der Waals surface area contributed by atoms with E-state index in [1.165, 1.54) is 12.1 Å². The summed E-state index contributed by atoms with van der Waals surface area (Å²) in [5, 5.41) is 37.1. The summed E-state index contributed by atoms with van der Waals surface area (Å²) in [7, 11) is 0. The number of hydrogen-bond acceptors (Lipinski definition) is 5. The maximum atomic E-state index is 13.3. The van der Waals surface area contributed by atoms with Crippen LogP contribution >= 0.6 is 11.6 Å². The smallest absolute Gasteiger partial charge is 0.163 e. The van der Waals surface area contributed by atoms with Crippen LogP contribution in [0.2, 0.25) is 5.02 Å². The van der Waals surface area contributed by atoms with E-state index >= 15 is 0 Å². The number of anilines is 1. The van der Waals surface area contributed by atoms with Crippen molar-refractivity contribution in [1.82, 2.24) is 0 Å². The molecule has 5 nitrogen and oxygen atoms in total. The molecule has 19 heavy (non-hydrogen) atoms. The lowest BCUT2D eigenvalue weighted by atomic mass is 10.1. The molecule has 0 saturated carbocycles. The first-order chi connectivity index (χ1) is 9.07. The highest BCUT2D eigenvalue weighted by molar-refractivity contribution is 6.31. The Labute approximate surface area is 113 Å². The molecule has 1 aromatic rings. The van der Waals surface area contributed by atoms with E-state index in [2.05, 4.69) is 5.32 Å². The van der Waals surface area contributed by atoms with Gasteiger partial charge in [0.05, 0.1) is 16.3 Å². The van der Waals surface area contributed by atoms with Gasteiger partial charge in [-0.25, -0.2) is 4.39 Å². The Morgan fingerprint density at radius 2 is 1.74 bits per heavy atom. The number of halogens is 2. The first-order valence-corrected chi connectivity index (χ1v) is 5.06. The van der Waals surface area contributed by atoms with Crippen molar-refractivity contribution in [3.05, 3.63) is 39.8 Å². The molecule has 0 aliphatic carbocycles. The predicted molar refractivity (Wildman–Crippen MR) is 63.6 cm³/mol. The number of nitrogens with one attached hydrogen (secondary N) is 1. The van der Waals surface area contributed by atoms with E-state index in [9.17, 15) is 4.39 Å². The van der Waals surface area contributed by atoms with Crippen LogP contribution in [-0.4, -0.2) is 0 Å². The summed E-state index contributed by atoms with van der Waals surface area (Å²) in [6, 6.07) is 8.37. The highest BCUT2D eigenvalue weighted by Gasteiger charge is 2.12. The second kappa shape index (κ2) is 6.03. The lowest BCUT2D eigenvalue weighted by Crippen LogP contribution is -2.03. The summed E-state index contributed by atoms with van der Waals surface area (Å²) in [6.45, 7) is 0. The highest BCUT2D eigenvalue weighted by Crippen LogP contribution is 2.25. The van der Waals surface area contributed by atoms with Crippen LogP contribution in [-0.2, 0) is 0 Å². The van der Waals surface area contributed by atoms with Gasteiger partial charge >= 0.3 is 0 Å². The van der Waals surface area contributed by atoms with E-state index < -0.39 is 11.4 Å². The lowest BCUT2D eigenvalue weighted by molar-refractivity contribution is 0.628. The third-order valence-electron chi connectivity index (χ3n) is 2.03. The van der Waals surface area contributed by atoms with Crippen LogP contribution in [0.25, 0.3) is 0 Å². The van der Waals surface area contributed by atoms with Crippen molar-refractivity contribution in [3.8, 4) is 24.3 Å². The van der Waals surface area contributed by atoms with Gasteiger partial charge in [0.2, 0.25) is 0 Å². The van der Waals surface area contributed by atoms with Crippen LogP contribution in [0.1, 0.15) is 5.56 Å². The Hall–Kier alpha value is -3.06. The van der Waals surface area contributed by atoms with Gasteiger partial charge in [-0.1, -0.05) is 11.6 Å². The predicted octanol–water partition coefficient (Wildman–Crippen LogP) is 2.59. The van der Waals surface area contributed by atoms with Gasteiger partial charge in [0.25, 0.3) is 0 Å². The van der Waals surface area contributed by atoms with Crippen LogP contribution < -0.4 is 5.32 Å². The maximum absolute atomic E-state index is 13.3. The van der Waals surface area contributed by atoms with E-state index in [1.807, 2.05) is 0 Å². The molecule has 7 heteroatoms. The van der Waals surface area contributed by atoms with Crippen LogP contribution in [0.3, 0.4) is 0 Å². The average molecular weight is 272 g/mol. The fourth-order valence-electron chi connectivity index (χ4n) is 1.16. The van der Waals surface area contributed by atoms with Crippen molar-refractivity contribution in [2.75, 3.05) is 5.32 Å². The summed E-state index contributed by atoms with van der Waals surface area (Å²) in [6.07, 6.45) is 0. The lowest BCUT2D eigenvalue weighted by Gasteiger charge is -2.07. The van der Waals surface area contributed by atoms with Crippen LogP contribution in [0.4, 0.5) is 10.1 Å². The minimum Gasteiger partial charge on any atom is -0.344 e. The molecule has 1 aromatic carbocycles. The number of nitriles is 4. The maximum Gasteiger partial charge on any atom is 0.163 e. The molecule has 0 aliphatic heterocycles. The van der Waals surface area contributed by atoms with Crippen LogP contribution in [0.15, 0.2) is 23.4 Å². The molecule has 0 amide bonds. The zero-order chi connectivity index (χ0) is 14.4. The quantitative estimate of drug-likeness (QED) is 0.832. The zero-order valence-corrected chi connectivity index (χ0v) is 9.96. The Bertz CT molecular complexity index is 709. The fourth-order valence-corrected chi connectivity index (χ4v) is 1.32. The van der Waals surface area contributed by atoms with Gasteiger partial charge in [-0.15, -0.1) is 0 Å². The third-order valence-corrected chi connectivity index (χ3v) is 2.32. The normalized spacial score (nSPS) is 8.32. The van der Waals surface area contributed by atoms with E-state index in [1.54, 1.807) is 12.1 Å². The third kappa shape index (κ3) is 2.99. The molecule has 1 rings (SSSR count). The number of benzene rings is 1. The van der Waals surface area contributed by atoms with Gasteiger partial charge in [0.1, 0.15) is 35.8 Å². The van der Waals surface area contributed by atoms with Crippen molar-refractivity contribution in [3.63, 3.8) is 0 Å². The monoisotopic (exact) mass is 271 g/mol. The Balaban J connectivity index is 3.37. The summed E-state index contributed by atoms with van der Waals surface area (Å²) >= 11 is 5.52. The van der Waals surface area contributed by atoms with E-state index in [0.717, 1.165) is 12.1 Å². The van der Waals surface area contributed by atoms with E-state index in [4.69, 9.17) is 32.6 Å². The molecule has 0 saturated heterocycles. The fraction of sp³-hybridized carbons (Fsp3) is 0. The number of rotatable bonds is 2. The molecule has 0 spiro atoms. The summed E-state index contributed by atoms with van der Waals surface area (Å²) in [5.74, 6) is -0.795. The van der Waals surface area contributed by atoms with Crippen LogP contribution in [0.5, 0.6) is 0 Å². The standard InChI is InChI=1S/C12H3ClFN5/c13-9-1-7(3-15)11(2-10(9)14)19-12(6-18)8(4-16)5-17/h1-2,19H.